The highest BCUT2D eigenvalue weighted by atomic mass is 16.5. The number of aromatic nitrogens is 3. The first-order valence-electron chi connectivity index (χ1n) is 6.58. The Morgan fingerprint density at radius 2 is 1.95 bits per heavy atom. The maximum absolute atomic E-state index is 10.5. The molecular weight excluding hydrogens is 242 g/mol. The van der Waals surface area contributed by atoms with E-state index in [4.69, 9.17) is 4.74 Å². The first kappa shape index (κ1) is 12.3. The van der Waals surface area contributed by atoms with E-state index in [0.717, 1.165) is 24.2 Å². The lowest BCUT2D eigenvalue weighted by atomic mass is 9.92. The van der Waals surface area contributed by atoms with Gasteiger partial charge in [0.25, 0.3) is 0 Å². The summed E-state index contributed by atoms with van der Waals surface area (Å²) in [6.45, 7) is 1.43. The number of benzene rings is 1. The largest absolute Gasteiger partial charge is 0.386 e. The maximum Gasteiger partial charge on any atom is 0.101 e. The van der Waals surface area contributed by atoms with Gasteiger partial charge in [-0.25, -0.2) is 4.68 Å². The van der Waals surface area contributed by atoms with Crippen LogP contribution in [0.3, 0.4) is 0 Å². The summed E-state index contributed by atoms with van der Waals surface area (Å²) in [4.78, 5) is 0. The Balaban J connectivity index is 1.87. The molecule has 0 radical (unpaired) electrons. The zero-order chi connectivity index (χ0) is 13.1. The smallest absolute Gasteiger partial charge is 0.101 e. The number of ether oxygens (including phenoxy) is 1. The number of hydrogen-bond donors (Lipinski definition) is 1. The highest BCUT2D eigenvalue weighted by Gasteiger charge is 2.26. The summed E-state index contributed by atoms with van der Waals surface area (Å²) in [5.74, 6) is 0.217. The van der Waals surface area contributed by atoms with Gasteiger partial charge in [-0.3, -0.25) is 0 Å². The van der Waals surface area contributed by atoms with Crippen LogP contribution in [0, 0.1) is 5.92 Å². The molecule has 0 amide bonds. The molecule has 2 heterocycles. The minimum Gasteiger partial charge on any atom is -0.386 e. The summed E-state index contributed by atoms with van der Waals surface area (Å²) in [5, 5.41) is 18.5. The average molecular weight is 259 g/mol. The van der Waals surface area contributed by atoms with Crippen LogP contribution in [0.15, 0.2) is 36.5 Å². The van der Waals surface area contributed by atoms with Gasteiger partial charge in [-0.1, -0.05) is 23.4 Å². The van der Waals surface area contributed by atoms with Gasteiger partial charge >= 0.3 is 0 Å². The van der Waals surface area contributed by atoms with Crippen LogP contribution in [-0.2, 0) is 4.74 Å². The summed E-state index contributed by atoms with van der Waals surface area (Å²) >= 11 is 0. The third-order valence-electron chi connectivity index (χ3n) is 3.59. The zero-order valence-electron chi connectivity index (χ0n) is 10.6. The summed E-state index contributed by atoms with van der Waals surface area (Å²) in [5.41, 5.74) is 1.67. The highest BCUT2D eigenvalue weighted by Crippen LogP contribution is 2.30. The Bertz CT molecular complexity index is 520. The molecule has 100 valence electrons. The predicted molar refractivity (Wildman–Crippen MR) is 69.9 cm³/mol. The van der Waals surface area contributed by atoms with Crippen molar-refractivity contribution in [2.24, 2.45) is 5.92 Å². The van der Waals surface area contributed by atoms with E-state index < -0.39 is 6.10 Å². The second kappa shape index (κ2) is 5.50. The second-order valence-corrected chi connectivity index (χ2v) is 4.80. The number of hydrogen-bond acceptors (Lipinski definition) is 4. The van der Waals surface area contributed by atoms with Gasteiger partial charge in [0.1, 0.15) is 6.10 Å². The molecule has 0 aliphatic carbocycles. The Kier molecular flexibility index (Phi) is 3.57. The lowest BCUT2D eigenvalue weighted by molar-refractivity contribution is 0.00469. The molecule has 0 spiro atoms. The van der Waals surface area contributed by atoms with Crippen LogP contribution >= 0.6 is 0 Å². The van der Waals surface area contributed by atoms with Crippen molar-refractivity contribution in [2.45, 2.75) is 18.9 Å². The summed E-state index contributed by atoms with van der Waals surface area (Å²) in [7, 11) is 0. The van der Waals surface area contributed by atoms with Gasteiger partial charge in [0.2, 0.25) is 0 Å². The van der Waals surface area contributed by atoms with Crippen molar-refractivity contribution in [1.82, 2.24) is 15.0 Å². The van der Waals surface area contributed by atoms with Crippen molar-refractivity contribution in [3.05, 3.63) is 42.2 Å². The van der Waals surface area contributed by atoms with Gasteiger partial charge in [0, 0.05) is 13.2 Å². The lowest BCUT2D eigenvalue weighted by Gasteiger charge is -2.26. The summed E-state index contributed by atoms with van der Waals surface area (Å²) < 4.78 is 7.04. The molecule has 0 bridgehead atoms. The molecule has 5 nitrogen and oxygen atoms in total. The van der Waals surface area contributed by atoms with Crippen molar-refractivity contribution in [1.29, 1.82) is 0 Å². The third-order valence-corrected chi connectivity index (χ3v) is 3.59. The monoisotopic (exact) mass is 259 g/mol. The van der Waals surface area contributed by atoms with Crippen LogP contribution in [0.1, 0.15) is 24.6 Å². The molecular formula is C14H17N3O2. The van der Waals surface area contributed by atoms with E-state index in [1.165, 1.54) is 0 Å². The van der Waals surface area contributed by atoms with E-state index in [-0.39, 0.29) is 5.92 Å². The number of aliphatic hydroxyl groups is 1. The van der Waals surface area contributed by atoms with Crippen LogP contribution in [0.4, 0.5) is 0 Å². The standard InChI is InChI=1S/C14H17N3O2/c18-14(11-6-8-19-9-7-11)13-10-15-16-17(13)12-4-2-1-3-5-12/h1-5,10-11,14,18H,6-9H2. The first-order chi connectivity index (χ1) is 9.36. The predicted octanol–water partition coefficient (Wildman–Crippen LogP) is 1.73. The topological polar surface area (TPSA) is 60.2 Å². The van der Waals surface area contributed by atoms with E-state index in [1.54, 1.807) is 10.9 Å². The molecule has 1 aliphatic rings. The fourth-order valence-corrected chi connectivity index (χ4v) is 2.49. The number of para-hydroxylation sites is 1. The minimum absolute atomic E-state index is 0.217. The van der Waals surface area contributed by atoms with Crippen molar-refractivity contribution < 1.29 is 9.84 Å². The molecule has 1 aromatic heterocycles. The van der Waals surface area contributed by atoms with Crippen LogP contribution in [0.25, 0.3) is 5.69 Å². The van der Waals surface area contributed by atoms with Crippen molar-refractivity contribution >= 4 is 0 Å². The molecule has 1 saturated heterocycles. The van der Waals surface area contributed by atoms with Gasteiger partial charge in [-0.05, 0) is 30.9 Å². The van der Waals surface area contributed by atoms with Crippen LogP contribution in [0.2, 0.25) is 0 Å². The second-order valence-electron chi connectivity index (χ2n) is 4.80. The fraction of sp³-hybridized carbons (Fsp3) is 0.429. The van der Waals surface area contributed by atoms with Gasteiger partial charge in [-0.15, -0.1) is 5.10 Å². The van der Waals surface area contributed by atoms with E-state index in [0.29, 0.717) is 13.2 Å². The zero-order valence-corrected chi connectivity index (χ0v) is 10.6. The SMILES string of the molecule is OC(c1cnnn1-c1ccccc1)C1CCOCC1. The summed E-state index contributed by atoms with van der Waals surface area (Å²) in [6, 6.07) is 9.75. The van der Waals surface area contributed by atoms with Crippen LogP contribution in [-0.4, -0.2) is 33.3 Å². The molecule has 1 fully saturated rings. The third kappa shape index (κ3) is 2.52. The van der Waals surface area contributed by atoms with Gasteiger partial charge in [0.05, 0.1) is 17.6 Å². The Morgan fingerprint density at radius 3 is 2.68 bits per heavy atom. The van der Waals surface area contributed by atoms with Gasteiger partial charge in [-0.2, -0.15) is 0 Å². The molecule has 1 unspecified atom stereocenters. The first-order valence-corrected chi connectivity index (χ1v) is 6.58. The van der Waals surface area contributed by atoms with E-state index >= 15 is 0 Å². The Hall–Kier alpha value is -1.72. The molecule has 5 heteroatoms. The molecule has 1 aliphatic heterocycles. The molecule has 1 atom stereocenters. The normalized spacial score (nSPS) is 18.4. The van der Waals surface area contributed by atoms with Crippen LogP contribution in [0.5, 0.6) is 0 Å². The Morgan fingerprint density at radius 1 is 1.21 bits per heavy atom. The molecule has 0 saturated carbocycles. The molecule has 2 aromatic rings. The summed E-state index contributed by atoms with van der Waals surface area (Å²) in [6.07, 6.45) is 2.86. The lowest BCUT2D eigenvalue weighted by Crippen LogP contribution is -2.23. The molecule has 1 aromatic carbocycles. The highest BCUT2D eigenvalue weighted by molar-refractivity contribution is 5.32. The molecule has 1 N–H and O–H groups in total. The number of aliphatic hydroxyl groups excluding tert-OH is 1. The van der Waals surface area contributed by atoms with Crippen molar-refractivity contribution in [3.8, 4) is 5.69 Å². The quantitative estimate of drug-likeness (QED) is 0.912. The fourth-order valence-electron chi connectivity index (χ4n) is 2.49. The average Bonchev–Trinajstić information content (AvgIpc) is 2.98. The van der Waals surface area contributed by atoms with Gasteiger partial charge in [0.15, 0.2) is 0 Å². The number of rotatable bonds is 3. The Labute approximate surface area is 111 Å². The number of nitrogens with zero attached hydrogens (tertiary/aromatic N) is 3. The van der Waals surface area contributed by atoms with Crippen molar-refractivity contribution in [2.75, 3.05) is 13.2 Å². The van der Waals surface area contributed by atoms with Gasteiger partial charge < -0.3 is 9.84 Å². The maximum atomic E-state index is 10.5. The van der Waals surface area contributed by atoms with E-state index in [1.807, 2.05) is 30.3 Å². The minimum atomic E-state index is -0.542. The molecule has 3 rings (SSSR count). The van der Waals surface area contributed by atoms with E-state index in [9.17, 15) is 5.11 Å². The van der Waals surface area contributed by atoms with Crippen molar-refractivity contribution in [3.63, 3.8) is 0 Å². The van der Waals surface area contributed by atoms with Crippen LogP contribution < -0.4 is 0 Å². The molecule has 19 heavy (non-hydrogen) atoms. The van der Waals surface area contributed by atoms with E-state index in [2.05, 4.69) is 10.3 Å².